The molecule has 2 fully saturated rings. The number of nitrogens with one attached hydrogen (secondary N) is 1. The summed E-state index contributed by atoms with van der Waals surface area (Å²) >= 11 is 0. The fraction of sp³-hybridized carbons (Fsp3) is 0.778. The molecule has 0 saturated carbocycles. The van der Waals surface area contributed by atoms with Gasteiger partial charge in [-0.05, 0) is 39.4 Å². The topological polar surface area (TPSA) is 88.0 Å². The van der Waals surface area contributed by atoms with E-state index < -0.39 is 0 Å². The normalized spacial score (nSPS) is 23.3. The molecule has 2 aliphatic rings. The summed E-state index contributed by atoms with van der Waals surface area (Å²) in [5.41, 5.74) is 0. The summed E-state index contributed by atoms with van der Waals surface area (Å²) in [5.74, 6) is 1.65. The quantitative estimate of drug-likeness (QED) is 0.616. The van der Waals surface area contributed by atoms with Crippen LogP contribution >= 0.6 is 0 Å². The molecule has 2 aliphatic heterocycles. The van der Waals surface area contributed by atoms with E-state index >= 15 is 0 Å². The van der Waals surface area contributed by atoms with E-state index in [1.165, 1.54) is 12.8 Å². The monoisotopic (exact) mass is 364 g/mol. The van der Waals surface area contributed by atoms with Crippen molar-refractivity contribution < 1.29 is 10.2 Å². The van der Waals surface area contributed by atoms with Gasteiger partial charge in [0.05, 0.1) is 6.61 Å². The Morgan fingerprint density at radius 2 is 1.92 bits per heavy atom. The van der Waals surface area contributed by atoms with Gasteiger partial charge in [0.15, 0.2) is 0 Å². The van der Waals surface area contributed by atoms with Crippen molar-refractivity contribution in [2.45, 2.75) is 31.3 Å². The van der Waals surface area contributed by atoms with Gasteiger partial charge in [-0.25, -0.2) is 9.97 Å². The molecule has 26 heavy (non-hydrogen) atoms. The lowest BCUT2D eigenvalue weighted by Crippen LogP contribution is -2.58. The van der Waals surface area contributed by atoms with Gasteiger partial charge < -0.3 is 25.3 Å². The van der Waals surface area contributed by atoms with Gasteiger partial charge in [-0.2, -0.15) is 0 Å². The summed E-state index contributed by atoms with van der Waals surface area (Å²) in [5, 5.41) is 21.6. The number of rotatable bonds is 7. The van der Waals surface area contributed by atoms with Gasteiger partial charge in [-0.3, -0.25) is 4.90 Å². The predicted octanol–water partition coefficient (Wildman–Crippen LogP) is -0.152. The van der Waals surface area contributed by atoms with E-state index in [0.717, 1.165) is 50.8 Å². The second kappa shape index (κ2) is 9.45. The van der Waals surface area contributed by atoms with Crippen molar-refractivity contribution >= 4 is 11.6 Å². The molecule has 0 amide bonds. The first kappa shape index (κ1) is 19.3. The molecule has 1 atom stereocenters. The van der Waals surface area contributed by atoms with Gasteiger partial charge in [0.25, 0.3) is 0 Å². The molecule has 3 heterocycles. The molecule has 0 spiro atoms. The first-order chi connectivity index (χ1) is 12.7. The SMILES string of the molecule is CN1CCC(N2CCN(c3cc(NCCO)ncn3)CC2CCO)CC1. The predicted molar refractivity (Wildman–Crippen MR) is 103 cm³/mol. The Bertz CT molecular complexity index is 552. The maximum absolute atomic E-state index is 9.56. The second-order valence-corrected chi connectivity index (χ2v) is 7.30. The molecular weight excluding hydrogens is 332 g/mol. The fourth-order valence-electron chi connectivity index (χ4n) is 4.09. The van der Waals surface area contributed by atoms with Gasteiger partial charge in [-0.1, -0.05) is 0 Å². The smallest absolute Gasteiger partial charge is 0.134 e. The number of likely N-dealkylation sites (tertiary alicyclic amines) is 1. The molecule has 146 valence electrons. The highest BCUT2D eigenvalue weighted by Gasteiger charge is 2.33. The molecular formula is C18H32N6O2. The zero-order valence-corrected chi connectivity index (χ0v) is 15.7. The molecule has 3 rings (SSSR count). The zero-order chi connectivity index (χ0) is 18.4. The molecule has 1 unspecified atom stereocenters. The van der Waals surface area contributed by atoms with Gasteiger partial charge in [0, 0.05) is 50.9 Å². The molecule has 1 aromatic heterocycles. The Balaban J connectivity index is 1.65. The number of aliphatic hydroxyl groups is 2. The van der Waals surface area contributed by atoms with Crippen LogP contribution in [0.2, 0.25) is 0 Å². The molecule has 8 heteroatoms. The van der Waals surface area contributed by atoms with Gasteiger partial charge >= 0.3 is 0 Å². The highest BCUT2D eigenvalue weighted by molar-refractivity contribution is 5.49. The third kappa shape index (κ3) is 4.82. The van der Waals surface area contributed by atoms with Crippen LogP contribution in [0.25, 0.3) is 0 Å². The summed E-state index contributed by atoms with van der Waals surface area (Å²) in [4.78, 5) is 15.9. The molecule has 0 radical (unpaired) electrons. The maximum Gasteiger partial charge on any atom is 0.134 e. The lowest BCUT2D eigenvalue weighted by Gasteiger charge is -2.47. The molecule has 3 N–H and O–H groups in total. The zero-order valence-electron chi connectivity index (χ0n) is 15.7. The van der Waals surface area contributed by atoms with Gasteiger partial charge in [0.2, 0.25) is 0 Å². The summed E-state index contributed by atoms with van der Waals surface area (Å²) in [6.07, 6.45) is 4.78. The van der Waals surface area contributed by atoms with Crippen LogP contribution < -0.4 is 10.2 Å². The van der Waals surface area contributed by atoms with Crippen molar-refractivity contribution in [1.82, 2.24) is 19.8 Å². The first-order valence-corrected chi connectivity index (χ1v) is 9.68. The third-order valence-corrected chi connectivity index (χ3v) is 5.54. The van der Waals surface area contributed by atoms with Crippen LogP contribution in [0.4, 0.5) is 11.6 Å². The number of aromatic nitrogens is 2. The summed E-state index contributed by atoms with van der Waals surface area (Å²) in [6, 6.07) is 2.92. The van der Waals surface area contributed by atoms with E-state index in [1.807, 2.05) is 6.07 Å². The van der Waals surface area contributed by atoms with Crippen molar-refractivity contribution in [1.29, 1.82) is 0 Å². The molecule has 2 saturated heterocycles. The van der Waals surface area contributed by atoms with E-state index in [2.05, 4.69) is 37.0 Å². The molecule has 8 nitrogen and oxygen atoms in total. The Morgan fingerprint density at radius 1 is 1.12 bits per heavy atom. The summed E-state index contributed by atoms with van der Waals surface area (Å²) in [7, 11) is 2.19. The molecule has 0 aromatic carbocycles. The number of hydrogen-bond donors (Lipinski definition) is 3. The highest BCUT2D eigenvalue weighted by Crippen LogP contribution is 2.25. The lowest BCUT2D eigenvalue weighted by atomic mass is 9.98. The van der Waals surface area contributed by atoms with Crippen molar-refractivity contribution in [3.8, 4) is 0 Å². The van der Waals surface area contributed by atoms with E-state index in [0.29, 0.717) is 18.6 Å². The van der Waals surface area contributed by atoms with Crippen LogP contribution in [0.1, 0.15) is 19.3 Å². The van der Waals surface area contributed by atoms with Crippen molar-refractivity contribution in [2.24, 2.45) is 0 Å². The van der Waals surface area contributed by atoms with Crippen LogP contribution in [0.3, 0.4) is 0 Å². The second-order valence-electron chi connectivity index (χ2n) is 7.30. The standard InChI is InChI=1S/C18H32N6O2/c1-22-6-2-15(3-7-22)24-9-8-23(13-16(24)4-10-25)18-12-17(19-5-11-26)20-14-21-18/h12,14-16,25-26H,2-11,13H2,1H3,(H,19,20,21). The van der Waals surface area contributed by atoms with E-state index in [4.69, 9.17) is 5.11 Å². The summed E-state index contributed by atoms with van der Waals surface area (Å²) < 4.78 is 0. The Hall–Kier alpha value is -1.48. The van der Waals surface area contributed by atoms with Crippen LogP contribution in [-0.2, 0) is 0 Å². The average molecular weight is 364 g/mol. The van der Waals surface area contributed by atoms with Gasteiger partial charge in [-0.15, -0.1) is 0 Å². The van der Waals surface area contributed by atoms with Crippen molar-refractivity contribution in [3.63, 3.8) is 0 Å². The van der Waals surface area contributed by atoms with Crippen molar-refractivity contribution in [2.75, 3.05) is 69.7 Å². The highest BCUT2D eigenvalue weighted by atomic mass is 16.3. The Labute approximate surface area is 155 Å². The largest absolute Gasteiger partial charge is 0.396 e. The molecule has 0 aliphatic carbocycles. The van der Waals surface area contributed by atoms with E-state index in [-0.39, 0.29) is 13.2 Å². The van der Waals surface area contributed by atoms with Crippen LogP contribution in [0, 0.1) is 0 Å². The maximum atomic E-state index is 9.56. The van der Waals surface area contributed by atoms with E-state index in [9.17, 15) is 5.11 Å². The number of piperazine rings is 1. The number of piperidine rings is 1. The lowest BCUT2D eigenvalue weighted by molar-refractivity contribution is 0.0596. The first-order valence-electron chi connectivity index (χ1n) is 9.68. The Morgan fingerprint density at radius 3 is 2.65 bits per heavy atom. The molecule has 1 aromatic rings. The summed E-state index contributed by atoms with van der Waals surface area (Å²) in [6.45, 7) is 5.90. The fourth-order valence-corrected chi connectivity index (χ4v) is 4.09. The van der Waals surface area contributed by atoms with Crippen LogP contribution in [0.5, 0.6) is 0 Å². The number of hydrogen-bond acceptors (Lipinski definition) is 8. The van der Waals surface area contributed by atoms with Crippen LogP contribution in [0.15, 0.2) is 12.4 Å². The number of nitrogens with zero attached hydrogens (tertiary/aromatic N) is 5. The number of anilines is 2. The van der Waals surface area contributed by atoms with Gasteiger partial charge in [0.1, 0.15) is 18.0 Å². The minimum atomic E-state index is 0.0765. The van der Waals surface area contributed by atoms with Crippen molar-refractivity contribution in [3.05, 3.63) is 12.4 Å². The minimum absolute atomic E-state index is 0.0765. The number of aliphatic hydroxyl groups excluding tert-OH is 2. The minimum Gasteiger partial charge on any atom is -0.396 e. The van der Waals surface area contributed by atoms with Crippen LogP contribution in [-0.4, -0.2) is 102 Å². The average Bonchev–Trinajstić information content (AvgIpc) is 2.68. The Kier molecular flexibility index (Phi) is 7.01. The van der Waals surface area contributed by atoms with E-state index in [1.54, 1.807) is 6.33 Å². The third-order valence-electron chi connectivity index (χ3n) is 5.54. The molecule has 0 bridgehead atoms.